The Labute approximate surface area is 138 Å². The lowest BCUT2D eigenvalue weighted by Crippen LogP contribution is -2.30. The average molecular weight is 326 g/mol. The molecule has 0 spiro atoms. The van der Waals surface area contributed by atoms with Gasteiger partial charge in [0.05, 0.1) is 12.8 Å². The summed E-state index contributed by atoms with van der Waals surface area (Å²) in [5, 5.41) is 13.0. The van der Waals surface area contributed by atoms with Gasteiger partial charge in [-0.15, -0.1) is 0 Å². The van der Waals surface area contributed by atoms with Crippen LogP contribution in [0.4, 0.5) is 5.69 Å². The van der Waals surface area contributed by atoms with Crippen LogP contribution in [0.3, 0.4) is 0 Å². The molecule has 1 saturated heterocycles. The second-order valence-corrected chi connectivity index (χ2v) is 5.28. The summed E-state index contributed by atoms with van der Waals surface area (Å²) < 4.78 is 5.00. The largest absolute Gasteiger partial charge is 0.504 e. The number of carbonyl (C=O) groups excluding carboxylic acids is 1. The molecule has 0 unspecified atom stereocenters. The molecule has 0 atom stereocenters. The quantitative estimate of drug-likeness (QED) is 0.671. The van der Waals surface area contributed by atoms with E-state index in [0.29, 0.717) is 27.8 Å². The fraction of sp³-hybridized carbons (Fsp3) is 0.0588. The van der Waals surface area contributed by atoms with Gasteiger partial charge in [0.2, 0.25) is 0 Å². The van der Waals surface area contributed by atoms with Crippen LogP contribution in [0, 0.1) is 0 Å². The summed E-state index contributed by atoms with van der Waals surface area (Å²) >= 11 is 5.24. The zero-order chi connectivity index (χ0) is 16.4. The highest BCUT2D eigenvalue weighted by molar-refractivity contribution is 7.80. The molecule has 1 heterocycles. The maximum absolute atomic E-state index is 12.5. The number of ether oxygens (including phenoxy) is 1. The molecule has 1 amide bonds. The molecule has 2 aromatic rings. The summed E-state index contributed by atoms with van der Waals surface area (Å²) in [5.41, 5.74) is 1.72. The molecule has 0 bridgehead atoms. The van der Waals surface area contributed by atoms with Gasteiger partial charge in [-0.25, -0.2) is 0 Å². The van der Waals surface area contributed by atoms with Gasteiger partial charge < -0.3 is 15.2 Å². The third kappa shape index (κ3) is 2.89. The van der Waals surface area contributed by atoms with Crippen LogP contribution in [0.2, 0.25) is 0 Å². The lowest BCUT2D eigenvalue weighted by atomic mass is 10.1. The van der Waals surface area contributed by atoms with Gasteiger partial charge in [-0.3, -0.25) is 9.69 Å². The minimum absolute atomic E-state index is 0.00906. The number of nitrogens with one attached hydrogen (secondary N) is 1. The Morgan fingerprint density at radius 2 is 1.96 bits per heavy atom. The number of amides is 1. The van der Waals surface area contributed by atoms with Gasteiger partial charge in [-0.2, -0.15) is 0 Å². The molecule has 0 aromatic heterocycles. The molecule has 3 rings (SSSR count). The monoisotopic (exact) mass is 326 g/mol. The first-order valence-corrected chi connectivity index (χ1v) is 7.30. The third-order valence-corrected chi connectivity index (χ3v) is 3.69. The fourth-order valence-electron chi connectivity index (χ4n) is 2.31. The van der Waals surface area contributed by atoms with E-state index in [0.717, 1.165) is 0 Å². The van der Waals surface area contributed by atoms with Crippen molar-refractivity contribution in [3.8, 4) is 11.5 Å². The number of phenols is 1. The van der Waals surface area contributed by atoms with Gasteiger partial charge in [-0.05, 0) is 48.1 Å². The standard InChI is InChI=1S/C17H14N2O3S/c1-22-15-8-7-11(10-14(15)20)9-13-16(21)19(17(23)18-13)12-5-3-2-4-6-12/h2-10,20H,1H3,(H,18,23)/b13-9+. The van der Waals surface area contributed by atoms with E-state index in [1.807, 2.05) is 30.3 Å². The van der Waals surface area contributed by atoms with Crippen molar-refractivity contribution in [2.75, 3.05) is 12.0 Å². The molecule has 2 N–H and O–H groups in total. The Balaban J connectivity index is 1.91. The lowest BCUT2D eigenvalue weighted by Gasteiger charge is -2.13. The van der Waals surface area contributed by atoms with Gasteiger partial charge in [0.25, 0.3) is 5.91 Å². The minimum atomic E-state index is -0.239. The molecular weight excluding hydrogens is 312 g/mol. The van der Waals surface area contributed by atoms with E-state index >= 15 is 0 Å². The number of hydrogen-bond donors (Lipinski definition) is 2. The average Bonchev–Trinajstić information content (AvgIpc) is 2.82. The molecule has 1 fully saturated rings. The van der Waals surface area contributed by atoms with Crippen molar-refractivity contribution in [2.24, 2.45) is 0 Å². The van der Waals surface area contributed by atoms with E-state index in [2.05, 4.69) is 5.32 Å². The molecule has 0 aliphatic carbocycles. The third-order valence-electron chi connectivity index (χ3n) is 3.41. The number of nitrogens with zero attached hydrogens (tertiary/aromatic N) is 1. The van der Waals surface area contributed by atoms with Crippen LogP contribution in [-0.2, 0) is 4.79 Å². The lowest BCUT2D eigenvalue weighted by molar-refractivity contribution is -0.113. The summed E-state index contributed by atoms with van der Waals surface area (Å²) in [5.74, 6) is 0.144. The van der Waals surface area contributed by atoms with Crippen LogP contribution in [0.15, 0.2) is 54.2 Å². The van der Waals surface area contributed by atoms with Crippen molar-refractivity contribution >= 4 is 35.0 Å². The summed E-state index contributed by atoms with van der Waals surface area (Å²) in [6, 6.07) is 14.1. The van der Waals surface area contributed by atoms with Crippen molar-refractivity contribution in [1.82, 2.24) is 5.32 Å². The number of phenolic OH excluding ortho intramolecular Hbond substituents is 1. The normalized spacial score (nSPS) is 15.9. The van der Waals surface area contributed by atoms with E-state index in [1.54, 1.807) is 18.2 Å². The van der Waals surface area contributed by atoms with Crippen LogP contribution in [-0.4, -0.2) is 23.2 Å². The summed E-state index contributed by atoms with van der Waals surface area (Å²) in [4.78, 5) is 14.0. The molecule has 1 aliphatic heterocycles. The second-order valence-electron chi connectivity index (χ2n) is 4.90. The number of para-hydroxylation sites is 1. The number of carbonyl (C=O) groups is 1. The Kier molecular flexibility index (Phi) is 3.99. The molecule has 23 heavy (non-hydrogen) atoms. The fourth-order valence-corrected chi connectivity index (χ4v) is 2.61. The van der Waals surface area contributed by atoms with Gasteiger partial charge in [0.15, 0.2) is 16.6 Å². The Morgan fingerprint density at radius 1 is 1.22 bits per heavy atom. The molecule has 1 aliphatic rings. The predicted molar refractivity (Wildman–Crippen MR) is 92.3 cm³/mol. The number of benzene rings is 2. The number of aromatic hydroxyl groups is 1. The second kappa shape index (κ2) is 6.10. The van der Waals surface area contributed by atoms with Crippen LogP contribution in [0.5, 0.6) is 11.5 Å². The van der Waals surface area contributed by atoms with Gasteiger partial charge in [-0.1, -0.05) is 24.3 Å². The van der Waals surface area contributed by atoms with E-state index in [9.17, 15) is 9.90 Å². The number of hydrogen-bond acceptors (Lipinski definition) is 4. The van der Waals surface area contributed by atoms with Crippen LogP contribution >= 0.6 is 12.2 Å². The number of thiocarbonyl (C=S) groups is 1. The first kappa shape index (κ1) is 15.1. The maximum Gasteiger partial charge on any atom is 0.281 e. The van der Waals surface area contributed by atoms with Crippen molar-refractivity contribution in [3.05, 3.63) is 59.8 Å². The summed E-state index contributed by atoms with van der Waals surface area (Å²) in [6.45, 7) is 0. The maximum atomic E-state index is 12.5. The topological polar surface area (TPSA) is 61.8 Å². The van der Waals surface area contributed by atoms with Crippen LogP contribution in [0.25, 0.3) is 6.08 Å². The van der Waals surface area contributed by atoms with Gasteiger partial charge in [0, 0.05) is 0 Å². The predicted octanol–water partition coefficient (Wildman–Crippen LogP) is 2.66. The SMILES string of the molecule is COc1ccc(/C=C2/NC(=S)N(c3ccccc3)C2=O)cc1O. The van der Waals surface area contributed by atoms with Crippen molar-refractivity contribution < 1.29 is 14.6 Å². The molecular formula is C17H14N2O3S. The van der Waals surface area contributed by atoms with Crippen molar-refractivity contribution in [1.29, 1.82) is 0 Å². The number of methoxy groups -OCH3 is 1. The number of anilines is 1. The minimum Gasteiger partial charge on any atom is -0.504 e. The van der Waals surface area contributed by atoms with E-state index in [4.69, 9.17) is 17.0 Å². The molecule has 116 valence electrons. The van der Waals surface area contributed by atoms with Crippen LogP contribution < -0.4 is 15.0 Å². The van der Waals surface area contributed by atoms with Crippen LogP contribution in [0.1, 0.15) is 5.56 Å². The molecule has 5 nitrogen and oxygen atoms in total. The van der Waals surface area contributed by atoms with E-state index in [-0.39, 0.29) is 11.7 Å². The van der Waals surface area contributed by atoms with Crippen molar-refractivity contribution in [3.63, 3.8) is 0 Å². The Morgan fingerprint density at radius 3 is 2.61 bits per heavy atom. The first-order chi connectivity index (χ1) is 11.1. The van der Waals surface area contributed by atoms with Crippen molar-refractivity contribution in [2.45, 2.75) is 0 Å². The molecule has 0 saturated carbocycles. The summed E-state index contributed by atoms with van der Waals surface area (Å²) in [7, 11) is 1.48. The number of rotatable bonds is 3. The Bertz CT molecular complexity index is 803. The smallest absolute Gasteiger partial charge is 0.281 e. The highest BCUT2D eigenvalue weighted by Crippen LogP contribution is 2.28. The van der Waals surface area contributed by atoms with E-state index in [1.165, 1.54) is 18.1 Å². The molecule has 6 heteroatoms. The first-order valence-electron chi connectivity index (χ1n) is 6.89. The highest BCUT2D eigenvalue weighted by atomic mass is 32.1. The van der Waals surface area contributed by atoms with E-state index < -0.39 is 0 Å². The highest BCUT2D eigenvalue weighted by Gasteiger charge is 2.31. The van der Waals surface area contributed by atoms with Gasteiger partial charge >= 0.3 is 0 Å². The zero-order valence-electron chi connectivity index (χ0n) is 12.3. The molecule has 2 aromatic carbocycles. The Hall–Kier alpha value is -2.86. The zero-order valence-corrected chi connectivity index (χ0v) is 13.1. The molecule has 0 radical (unpaired) electrons. The van der Waals surface area contributed by atoms with Gasteiger partial charge in [0.1, 0.15) is 5.70 Å². The summed E-state index contributed by atoms with van der Waals surface area (Å²) in [6.07, 6.45) is 1.64.